The van der Waals surface area contributed by atoms with E-state index in [2.05, 4.69) is 10.2 Å². The van der Waals surface area contributed by atoms with E-state index < -0.39 is 4.92 Å². The van der Waals surface area contributed by atoms with Crippen LogP contribution < -0.4 is 4.90 Å². The highest BCUT2D eigenvalue weighted by Crippen LogP contribution is 2.32. The molecular weight excluding hydrogens is 346 g/mol. The minimum atomic E-state index is -0.448. The van der Waals surface area contributed by atoms with Crippen molar-refractivity contribution < 1.29 is 9.72 Å². The highest BCUT2D eigenvalue weighted by Gasteiger charge is 2.27. The smallest absolute Gasteiger partial charge is 0.293 e. The number of aromatic nitrogens is 3. The zero-order valence-electron chi connectivity index (χ0n) is 14.7. The number of hydrogen-bond acceptors (Lipinski definition) is 6. The van der Waals surface area contributed by atoms with Gasteiger partial charge in [-0.05, 0) is 19.1 Å². The maximum Gasteiger partial charge on any atom is 0.293 e. The molecule has 0 aliphatic carbocycles. The first-order valence-corrected chi connectivity index (χ1v) is 8.56. The zero-order valence-corrected chi connectivity index (χ0v) is 14.7. The number of rotatable bonds is 4. The molecule has 0 spiro atoms. The standard InChI is InChI=1S/C19H17N5O3/c1-13(25)15-7-8-16(17(11-15)24(26)27)22-9-10-23-18(12-22)20-21-19(23)14-5-3-2-4-6-14/h2-8,11H,9-10,12H2,1H3. The van der Waals surface area contributed by atoms with Gasteiger partial charge in [-0.2, -0.15) is 0 Å². The Balaban J connectivity index is 1.67. The van der Waals surface area contributed by atoms with Crippen molar-refractivity contribution in [3.8, 4) is 11.4 Å². The van der Waals surface area contributed by atoms with E-state index in [1.54, 1.807) is 12.1 Å². The van der Waals surface area contributed by atoms with Crippen LogP contribution in [-0.4, -0.2) is 32.0 Å². The molecule has 8 heteroatoms. The fraction of sp³-hybridized carbons (Fsp3) is 0.211. The predicted molar refractivity (Wildman–Crippen MR) is 99.6 cm³/mol. The van der Waals surface area contributed by atoms with Crippen LogP contribution in [0.4, 0.5) is 11.4 Å². The van der Waals surface area contributed by atoms with Gasteiger partial charge < -0.3 is 9.47 Å². The van der Waals surface area contributed by atoms with E-state index in [1.807, 2.05) is 39.8 Å². The second-order valence-corrected chi connectivity index (χ2v) is 6.40. The van der Waals surface area contributed by atoms with E-state index in [1.165, 1.54) is 13.0 Å². The van der Waals surface area contributed by atoms with Gasteiger partial charge >= 0.3 is 0 Å². The van der Waals surface area contributed by atoms with Crippen LogP contribution in [0.1, 0.15) is 23.1 Å². The van der Waals surface area contributed by atoms with Crippen LogP contribution in [0, 0.1) is 10.1 Å². The monoisotopic (exact) mass is 363 g/mol. The molecule has 27 heavy (non-hydrogen) atoms. The Morgan fingerprint density at radius 1 is 1.11 bits per heavy atom. The Morgan fingerprint density at radius 3 is 2.59 bits per heavy atom. The number of anilines is 1. The average molecular weight is 363 g/mol. The number of Topliss-reactive ketones (excluding diaryl/α,β-unsaturated/α-hetero) is 1. The molecule has 0 fully saturated rings. The van der Waals surface area contributed by atoms with E-state index in [4.69, 9.17) is 0 Å². The zero-order chi connectivity index (χ0) is 19.0. The number of nitro groups is 1. The third kappa shape index (κ3) is 3.05. The molecule has 2 aromatic carbocycles. The Labute approximate surface area is 155 Å². The van der Waals surface area contributed by atoms with Gasteiger partial charge in [0.05, 0.1) is 11.5 Å². The molecule has 0 atom stereocenters. The summed E-state index contributed by atoms with van der Waals surface area (Å²) >= 11 is 0. The summed E-state index contributed by atoms with van der Waals surface area (Å²) in [4.78, 5) is 24.5. The average Bonchev–Trinajstić information content (AvgIpc) is 3.11. The summed E-state index contributed by atoms with van der Waals surface area (Å²) in [6.07, 6.45) is 0. The molecule has 0 saturated heterocycles. The Morgan fingerprint density at radius 2 is 1.89 bits per heavy atom. The predicted octanol–water partition coefficient (Wildman–Crippen LogP) is 3.08. The summed E-state index contributed by atoms with van der Waals surface area (Å²) in [5, 5.41) is 20.1. The lowest BCUT2D eigenvalue weighted by atomic mass is 10.1. The molecule has 0 amide bonds. The van der Waals surface area contributed by atoms with Gasteiger partial charge in [0.2, 0.25) is 0 Å². The number of fused-ring (bicyclic) bond motifs is 1. The van der Waals surface area contributed by atoms with Gasteiger partial charge in [0.15, 0.2) is 17.4 Å². The van der Waals surface area contributed by atoms with Crippen LogP contribution >= 0.6 is 0 Å². The molecule has 2 heterocycles. The molecule has 0 saturated carbocycles. The summed E-state index contributed by atoms with van der Waals surface area (Å²) in [6.45, 7) is 3.02. The van der Waals surface area contributed by atoms with Crippen molar-refractivity contribution in [3.05, 3.63) is 70.0 Å². The number of carbonyl (C=O) groups is 1. The molecule has 1 aromatic heterocycles. The number of nitro benzene ring substituents is 1. The van der Waals surface area contributed by atoms with Gasteiger partial charge in [0.1, 0.15) is 5.69 Å². The van der Waals surface area contributed by atoms with Gasteiger partial charge in [0.25, 0.3) is 5.69 Å². The van der Waals surface area contributed by atoms with Crippen molar-refractivity contribution in [3.63, 3.8) is 0 Å². The molecule has 3 aromatic rings. The Bertz CT molecular complexity index is 1030. The number of ketones is 1. The summed E-state index contributed by atoms with van der Waals surface area (Å²) < 4.78 is 2.04. The fourth-order valence-electron chi connectivity index (χ4n) is 3.32. The lowest BCUT2D eigenvalue weighted by molar-refractivity contribution is -0.384. The third-order valence-corrected chi connectivity index (χ3v) is 4.70. The third-order valence-electron chi connectivity index (χ3n) is 4.70. The topological polar surface area (TPSA) is 94.2 Å². The summed E-state index contributed by atoms with van der Waals surface area (Å²) in [6, 6.07) is 14.4. The van der Waals surface area contributed by atoms with E-state index in [9.17, 15) is 14.9 Å². The minimum absolute atomic E-state index is 0.0704. The molecule has 0 radical (unpaired) electrons. The summed E-state index contributed by atoms with van der Waals surface area (Å²) in [7, 11) is 0. The highest BCUT2D eigenvalue weighted by molar-refractivity contribution is 5.95. The van der Waals surface area contributed by atoms with Crippen LogP contribution in [0.2, 0.25) is 0 Å². The first-order chi connectivity index (χ1) is 13.0. The number of hydrogen-bond donors (Lipinski definition) is 0. The van der Waals surface area contributed by atoms with E-state index in [-0.39, 0.29) is 11.5 Å². The van der Waals surface area contributed by atoms with Gasteiger partial charge in [-0.1, -0.05) is 30.3 Å². The van der Waals surface area contributed by atoms with Gasteiger partial charge in [-0.3, -0.25) is 14.9 Å². The fourth-order valence-corrected chi connectivity index (χ4v) is 3.32. The molecule has 1 aliphatic rings. The van der Waals surface area contributed by atoms with Crippen molar-refractivity contribution in [2.45, 2.75) is 20.0 Å². The van der Waals surface area contributed by atoms with Crippen LogP contribution in [-0.2, 0) is 13.1 Å². The van der Waals surface area contributed by atoms with Crippen LogP contribution in [0.25, 0.3) is 11.4 Å². The summed E-state index contributed by atoms with van der Waals surface area (Å²) in [5.41, 5.74) is 1.73. The highest BCUT2D eigenvalue weighted by atomic mass is 16.6. The van der Waals surface area contributed by atoms with Crippen LogP contribution in [0.5, 0.6) is 0 Å². The first-order valence-electron chi connectivity index (χ1n) is 8.56. The van der Waals surface area contributed by atoms with Crippen molar-refractivity contribution in [2.75, 3.05) is 11.4 Å². The Kier molecular flexibility index (Phi) is 4.15. The lowest BCUT2D eigenvalue weighted by Crippen LogP contribution is -2.34. The van der Waals surface area contributed by atoms with Gasteiger partial charge in [-0.25, -0.2) is 0 Å². The van der Waals surface area contributed by atoms with Gasteiger partial charge in [-0.15, -0.1) is 10.2 Å². The SMILES string of the molecule is CC(=O)c1ccc(N2CCn3c(nnc3-c3ccccc3)C2)c([N+](=O)[O-])c1. The van der Waals surface area contributed by atoms with E-state index >= 15 is 0 Å². The number of carbonyl (C=O) groups excluding carboxylic acids is 1. The van der Waals surface area contributed by atoms with Gasteiger partial charge in [0, 0.05) is 30.3 Å². The van der Waals surface area contributed by atoms with Crippen LogP contribution in [0.3, 0.4) is 0 Å². The molecule has 8 nitrogen and oxygen atoms in total. The molecule has 136 valence electrons. The Hall–Kier alpha value is -3.55. The van der Waals surface area contributed by atoms with Crippen LogP contribution in [0.15, 0.2) is 48.5 Å². The van der Waals surface area contributed by atoms with Crippen molar-refractivity contribution in [2.24, 2.45) is 0 Å². The second-order valence-electron chi connectivity index (χ2n) is 6.40. The van der Waals surface area contributed by atoms with E-state index in [0.29, 0.717) is 30.9 Å². The second kappa shape index (κ2) is 6.64. The van der Waals surface area contributed by atoms with Crippen molar-refractivity contribution in [1.29, 1.82) is 0 Å². The molecule has 4 rings (SSSR count). The number of nitrogens with zero attached hydrogens (tertiary/aromatic N) is 5. The number of benzene rings is 2. The van der Waals surface area contributed by atoms with Crippen molar-refractivity contribution >= 4 is 17.2 Å². The normalized spacial score (nSPS) is 13.3. The summed E-state index contributed by atoms with van der Waals surface area (Å²) in [5.74, 6) is 1.35. The molecule has 0 unspecified atom stereocenters. The lowest BCUT2D eigenvalue weighted by Gasteiger charge is -2.29. The maximum atomic E-state index is 11.6. The quantitative estimate of drug-likeness (QED) is 0.402. The minimum Gasteiger partial charge on any atom is -0.357 e. The molecule has 0 N–H and O–H groups in total. The molecule has 0 bridgehead atoms. The van der Waals surface area contributed by atoms with Crippen molar-refractivity contribution in [1.82, 2.24) is 14.8 Å². The van der Waals surface area contributed by atoms with E-state index in [0.717, 1.165) is 17.2 Å². The first kappa shape index (κ1) is 16.9. The maximum absolute atomic E-state index is 11.6. The molecule has 1 aliphatic heterocycles. The molecular formula is C19H17N5O3. The largest absolute Gasteiger partial charge is 0.357 e.